The van der Waals surface area contributed by atoms with Crippen LogP contribution in [0.3, 0.4) is 0 Å². The minimum atomic E-state index is 0.386. The highest BCUT2D eigenvalue weighted by molar-refractivity contribution is 5.79. The summed E-state index contributed by atoms with van der Waals surface area (Å²) in [6.07, 6.45) is 2.32. The number of ether oxygens (including phenoxy) is 2. The molecular weight excluding hydrogens is 390 g/mol. The maximum atomic E-state index is 5.97. The number of aliphatic imine (C=N–C) groups is 1. The number of hydrogen-bond acceptors (Lipinski definition) is 5. The van der Waals surface area contributed by atoms with E-state index in [0.29, 0.717) is 19.2 Å². The fraction of sp³-hybridized carbons (Fsp3) is 0.708. The Bertz CT molecular complexity index is 630. The third-order valence-electron chi connectivity index (χ3n) is 5.75. The third-order valence-corrected chi connectivity index (χ3v) is 5.75. The summed E-state index contributed by atoms with van der Waals surface area (Å²) in [6.45, 7) is 16.1. The van der Waals surface area contributed by atoms with E-state index in [4.69, 9.17) is 9.47 Å². The lowest BCUT2D eigenvalue weighted by Crippen LogP contribution is -2.42. The van der Waals surface area contributed by atoms with E-state index in [9.17, 15) is 0 Å². The fourth-order valence-corrected chi connectivity index (χ4v) is 3.71. The summed E-state index contributed by atoms with van der Waals surface area (Å²) in [6, 6.07) is 8.67. The predicted octanol–water partition coefficient (Wildman–Crippen LogP) is 2.57. The van der Waals surface area contributed by atoms with Gasteiger partial charge < -0.3 is 25.0 Å². The van der Waals surface area contributed by atoms with Gasteiger partial charge in [0, 0.05) is 39.3 Å². The molecule has 0 amide bonds. The first-order valence-electron chi connectivity index (χ1n) is 11.9. The van der Waals surface area contributed by atoms with Gasteiger partial charge >= 0.3 is 0 Å². The van der Waals surface area contributed by atoms with Gasteiger partial charge in [-0.3, -0.25) is 9.89 Å². The number of morpholine rings is 1. The van der Waals surface area contributed by atoms with E-state index < -0.39 is 0 Å². The number of nitrogens with zero attached hydrogens (tertiary/aromatic N) is 3. The number of nitrogens with one attached hydrogen (secondary N) is 2. The number of rotatable bonds is 13. The van der Waals surface area contributed by atoms with Crippen LogP contribution in [0.15, 0.2) is 29.3 Å². The van der Waals surface area contributed by atoms with Crippen molar-refractivity contribution < 1.29 is 9.47 Å². The van der Waals surface area contributed by atoms with Crippen LogP contribution in [0.25, 0.3) is 0 Å². The van der Waals surface area contributed by atoms with E-state index >= 15 is 0 Å². The molecule has 1 unspecified atom stereocenters. The molecule has 1 aromatic rings. The molecule has 2 N–H and O–H groups in total. The highest BCUT2D eigenvalue weighted by atomic mass is 16.5. The molecule has 31 heavy (non-hydrogen) atoms. The zero-order valence-corrected chi connectivity index (χ0v) is 20.0. The molecular formula is C24H43N5O2. The van der Waals surface area contributed by atoms with Crippen LogP contribution in [0.1, 0.15) is 39.2 Å². The maximum absolute atomic E-state index is 5.97. The van der Waals surface area contributed by atoms with Crippen LogP contribution in [-0.2, 0) is 11.3 Å². The molecule has 0 radical (unpaired) electrons. The summed E-state index contributed by atoms with van der Waals surface area (Å²) in [7, 11) is 1.82. The molecule has 0 saturated carbocycles. The summed E-state index contributed by atoms with van der Waals surface area (Å²) >= 11 is 0. The summed E-state index contributed by atoms with van der Waals surface area (Å²) in [5.74, 6) is 1.76. The zero-order valence-electron chi connectivity index (χ0n) is 20.0. The molecule has 1 aliphatic heterocycles. The van der Waals surface area contributed by atoms with Crippen molar-refractivity contribution in [3.8, 4) is 5.75 Å². The summed E-state index contributed by atoms with van der Waals surface area (Å²) < 4.78 is 11.4. The molecule has 1 heterocycles. The smallest absolute Gasteiger partial charge is 0.191 e. The monoisotopic (exact) mass is 433 g/mol. The molecule has 7 nitrogen and oxygen atoms in total. The van der Waals surface area contributed by atoms with Gasteiger partial charge in [-0.15, -0.1) is 0 Å². The number of guanidine groups is 1. The summed E-state index contributed by atoms with van der Waals surface area (Å²) in [4.78, 5) is 9.23. The van der Waals surface area contributed by atoms with Crippen LogP contribution in [-0.4, -0.2) is 87.9 Å². The Morgan fingerprint density at radius 1 is 1.26 bits per heavy atom. The van der Waals surface area contributed by atoms with Crippen LogP contribution in [0.2, 0.25) is 0 Å². The molecule has 176 valence electrons. The van der Waals surface area contributed by atoms with Gasteiger partial charge in [-0.2, -0.15) is 0 Å². The lowest BCUT2D eigenvalue weighted by atomic mass is 10.2. The van der Waals surface area contributed by atoms with Crippen LogP contribution >= 0.6 is 0 Å². The molecule has 1 saturated heterocycles. The predicted molar refractivity (Wildman–Crippen MR) is 129 cm³/mol. The molecule has 1 fully saturated rings. The number of hydrogen-bond donors (Lipinski definition) is 2. The van der Waals surface area contributed by atoms with Crippen LogP contribution < -0.4 is 15.4 Å². The van der Waals surface area contributed by atoms with Gasteiger partial charge in [0.15, 0.2) is 5.96 Å². The molecule has 0 aromatic heterocycles. The molecule has 1 atom stereocenters. The minimum absolute atomic E-state index is 0.386. The molecule has 1 aromatic carbocycles. The second kappa shape index (κ2) is 15.1. The van der Waals surface area contributed by atoms with Crippen LogP contribution in [0.5, 0.6) is 5.75 Å². The fourth-order valence-electron chi connectivity index (χ4n) is 3.71. The topological polar surface area (TPSA) is 61.4 Å². The first-order chi connectivity index (χ1) is 15.1. The molecule has 0 spiro atoms. The van der Waals surface area contributed by atoms with Gasteiger partial charge in [0.05, 0.1) is 13.2 Å². The largest absolute Gasteiger partial charge is 0.492 e. The summed E-state index contributed by atoms with van der Waals surface area (Å²) in [5, 5.41) is 6.93. The normalized spacial score (nSPS) is 16.4. The van der Waals surface area contributed by atoms with E-state index in [1.807, 2.05) is 19.2 Å². The Morgan fingerprint density at radius 3 is 2.74 bits per heavy atom. The highest BCUT2D eigenvalue weighted by Gasteiger charge is 2.10. The van der Waals surface area contributed by atoms with E-state index in [0.717, 1.165) is 70.6 Å². The van der Waals surface area contributed by atoms with Gasteiger partial charge in [0.1, 0.15) is 12.4 Å². The lowest BCUT2D eigenvalue weighted by Gasteiger charge is -2.26. The van der Waals surface area contributed by atoms with E-state index in [-0.39, 0.29) is 0 Å². The van der Waals surface area contributed by atoms with E-state index in [1.54, 1.807) is 0 Å². The first kappa shape index (κ1) is 25.4. The van der Waals surface area contributed by atoms with Gasteiger partial charge in [-0.05, 0) is 57.1 Å². The van der Waals surface area contributed by atoms with Crippen molar-refractivity contribution in [3.05, 3.63) is 29.8 Å². The second-order valence-corrected chi connectivity index (χ2v) is 8.09. The Kier molecular flexibility index (Phi) is 12.3. The zero-order chi connectivity index (χ0) is 22.3. The van der Waals surface area contributed by atoms with Crippen LogP contribution in [0.4, 0.5) is 0 Å². The molecule has 1 aliphatic rings. The maximum Gasteiger partial charge on any atom is 0.191 e. The first-order valence-corrected chi connectivity index (χ1v) is 11.9. The molecule has 7 heteroatoms. The van der Waals surface area contributed by atoms with E-state index in [2.05, 4.69) is 58.3 Å². The van der Waals surface area contributed by atoms with Crippen molar-refractivity contribution >= 4 is 5.96 Å². The van der Waals surface area contributed by atoms with Crippen molar-refractivity contribution in [3.63, 3.8) is 0 Å². The second-order valence-electron chi connectivity index (χ2n) is 8.09. The van der Waals surface area contributed by atoms with Gasteiger partial charge in [-0.1, -0.05) is 26.0 Å². The average Bonchev–Trinajstić information content (AvgIpc) is 2.80. The minimum Gasteiger partial charge on any atom is -0.492 e. The van der Waals surface area contributed by atoms with Gasteiger partial charge in [0.25, 0.3) is 0 Å². The standard InChI is InChI=1S/C24H43N5O2/c1-5-28(6-2)12-8-9-21(3)27-24(25-4)26-20-22-10-7-11-23(19-22)31-18-15-29-13-16-30-17-14-29/h7,10-11,19,21H,5-6,8-9,12-18,20H2,1-4H3,(H2,25,26,27). The van der Waals surface area contributed by atoms with Gasteiger partial charge in [0.2, 0.25) is 0 Å². The lowest BCUT2D eigenvalue weighted by molar-refractivity contribution is 0.0322. The van der Waals surface area contributed by atoms with Crippen molar-refractivity contribution in [2.24, 2.45) is 4.99 Å². The van der Waals surface area contributed by atoms with Gasteiger partial charge in [-0.25, -0.2) is 0 Å². The van der Waals surface area contributed by atoms with E-state index in [1.165, 1.54) is 12.0 Å². The molecule has 2 rings (SSSR count). The number of benzene rings is 1. The Morgan fingerprint density at radius 2 is 2.03 bits per heavy atom. The van der Waals surface area contributed by atoms with Crippen molar-refractivity contribution in [2.75, 3.05) is 66.1 Å². The molecule has 0 aliphatic carbocycles. The Hall–Kier alpha value is -1.83. The average molecular weight is 434 g/mol. The van der Waals surface area contributed by atoms with Crippen molar-refractivity contribution in [1.29, 1.82) is 0 Å². The third kappa shape index (κ3) is 10.4. The highest BCUT2D eigenvalue weighted by Crippen LogP contribution is 2.13. The summed E-state index contributed by atoms with van der Waals surface area (Å²) in [5.41, 5.74) is 1.18. The quantitative estimate of drug-likeness (QED) is 0.368. The Balaban J connectivity index is 1.69. The van der Waals surface area contributed by atoms with Crippen molar-refractivity contribution in [1.82, 2.24) is 20.4 Å². The molecule has 0 bridgehead atoms. The van der Waals surface area contributed by atoms with Crippen molar-refractivity contribution in [2.45, 2.75) is 46.2 Å². The Labute approximate surface area is 189 Å². The SMILES string of the molecule is CCN(CC)CCCC(C)NC(=NC)NCc1cccc(OCCN2CCOCC2)c1. The van der Waals surface area contributed by atoms with Crippen LogP contribution in [0, 0.1) is 0 Å².